The molecule has 2 aromatic carbocycles. The van der Waals surface area contributed by atoms with Crippen LogP contribution in [0.2, 0.25) is 5.02 Å². The van der Waals surface area contributed by atoms with Crippen molar-refractivity contribution < 1.29 is 4.79 Å². The lowest BCUT2D eigenvalue weighted by atomic mass is 10.2. The highest BCUT2D eigenvalue weighted by atomic mass is 35.5. The van der Waals surface area contributed by atoms with E-state index in [0.29, 0.717) is 18.8 Å². The van der Waals surface area contributed by atoms with E-state index >= 15 is 0 Å². The summed E-state index contributed by atoms with van der Waals surface area (Å²) in [7, 11) is 0. The van der Waals surface area contributed by atoms with Gasteiger partial charge in [0.05, 0.1) is 11.4 Å². The van der Waals surface area contributed by atoms with Crippen LogP contribution in [0.15, 0.2) is 61.2 Å². The van der Waals surface area contributed by atoms with Crippen LogP contribution >= 0.6 is 11.6 Å². The Morgan fingerprint density at radius 3 is 2.44 bits per heavy atom. The summed E-state index contributed by atoms with van der Waals surface area (Å²) in [4.78, 5) is 20.8. The second-order valence-corrected chi connectivity index (χ2v) is 6.67. The molecule has 0 radical (unpaired) electrons. The van der Waals surface area contributed by atoms with E-state index in [2.05, 4.69) is 20.3 Å². The molecule has 0 bridgehead atoms. The number of para-hydroxylation sites is 2. The zero-order chi connectivity index (χ0) is 18.6. The average molecular weight is 383 g/mol. The lowest BCUT2D eigenvalue weighted by Gasteiger charge is -2.36. The molecule has 0 aliphatic carbocycles. The van der Waals surface area contributed by atoms with Crippen LogP contribution in [0.1, 0.15) is 0 Å². The monoisotopic (exact) mass is 382 g/mol. The van der Waals surface area contributed by atoms with Crippen molar-refractivity contribution >= 4 is 29.0 Å². The van der Waals surface area contributed by atoms with Crippen molar-refractivity contribution in [3.05, 3.63) is 66.2 Å². The summed E-state index contributed by atoms with van der Waals surface area (Å²) in [6.45, 7) is 2.86. The number of hydrogen-bond acceptors (Lipinski definition) is 4. The molecule has 2 amide bonds. The Bertz CT molecular complexity index is 904. The summed E-state index contributed by atoms with van der Waals surface area (Å²) in [6, 6.07) is 15.2. The second kappa shape index (κ2) is 7.67. The second-order valence-electron chi connectivity index (χ2n) is 6.24. The van der Waals surface area contributed by atoms with Gasteiger partial charge in [0.25, 0.3) is 0 Å². The molecule has 8 heteroatoms. The van der Waals surface area contributed by atoms with E-state index in [9.17, 15) is 4.79 Å². The molecule has 3 aromatic rings. The van der Waals surface area contributed by atoms with Crippen molar-refractivity contribution in [3.63, 3.8) is 0 Å². The topological polar surface area (TPSA) is 66.3 Å². The van der Waals surface area contributed by atoms with Gasteiger partial charge in [-0.25, -0.2) is 14.5 Å². The first kappa shape index (κ1) is 17.4. The molecule has 1 saturated heterocycles. The third kappa shape index (κ3) is 3.88. The van der Waals surface area contributed by atoms with Crippen LogP contribution in [0.5, 0.6) is 0 Å². The Balaban J connectivity index is 1.40. The molecule has 1 aliphatic heterocycles. The average Bonchev–Trinajstić information content (AvgIpc) is 3.24. The Morgan fingerprint density at radius 1 is 1.00 bits per heavy atom. The molecule has 0 unspecified atom stereocenters. The molecule has 138 valence electrons. The SMILES string of the molecule is O=C(Nc1ccccc1-n1cncn1)N1CCN(c2ccc(Cl)cc2)CC1. The number of urea groups is 1. The third-order valence-corrected chi connectivity index (χ3v) is 4.82. The van der Waals surface area contributed by atoms with Crippen molar-refractivity contribution in [2.24, 2.45) is 0 Å². The Kier molecular flexibility index (Phi) is 4.93. The number of rotatable bonds is 3. The highest BCUT2D eigenvalue weighted by Gasteiger charge is 2.22. The van der Waals surface area contributed by atoms with Gasteiger partial charge in [-0.1, -0.05) is 23.7 Å². The van der Waals surface area contributed by atoms with Gasteiger partial charge in [0.1, 0.15) is 12.7 Å². The minimum atomic E-state index is -0.113. The van der Waals surface area contributed by atoms with Crippen molar-refractivity contribution in [2.75, 3.05) is 36.4 Å². The summed E-state index contributed by atoms with van der Waals surface area (Å²) in [5.41, 5.74) is 2.60. The largest absolute Gasteiger partial charge is 0.368 e. The minimum absolute atomic E-state index is 0.113. The number of halogens is 1. The van der Waals surface area contributed by atoms with Crippen LogP contribution < -0.4 is 10.2 Å². The van der Waals surface area contributed by atoms with E-state index in [4.69, 9.17) is 11.6 Å². The standard InChI is InChI=1S/C19H19ClN6O/c20-15-5-7-16(8-6-15)24-9-11-25(12-10-24)19(27)23-17-3-1-2-4-18(17)26-14-21-13-22-26/h1-8,13-14H,9-12H2,(H,23,27). The van der Waals surface area contributed by atoms with E-state index in [0.717, 1.165) is 29.5 Å². The maximum atomic E-state index is 12.7. The Morgan fingerprint density at radius 2 is 1.74 bits per heavy atom. The van der Waals surface area contributed by atoms with Crippen molar-refractivity contribution in [1.29, 1.82) is 0 Å². The number of nitrogens with zero attached hydrogens (tertiary/aromatic N) is 5. The number of benzene rings is 2. The number of piperazine rings is 1. The third-order valence-electron chi connectivity index (χ3n) is 4.57. The summed E-state index contributed by atoms with van der Waals surface area (Å²) in [6.07, 6.45) is 3.07. The van der Waals surface area contributed by atoms with Gasteiger partial charge >= 0.3 is 6.03 Å². The van der Waals surface area contributed by atoms with E-state index < -0.39 is 0 Å². The first-order valence-corrected chi connectivity index (χ1v) is 9.09. The fourth-order valence-electron chi connectivity index (χ4n) is 3.13. The van der Waals surface area contributed by atoms with Crippen molar-refractivity contribution in [1.82, 2.24) is 19.7 Å². The van der Waals surface area contributed by atoms with Gasteiger partial charge in [0, 0.05) is 36.9 Å². The van der Waals surface area contributed by atoms with E-state index in [1.807, 2.05) is 53.4 Å². The number of carbonyl (C=O) groups excluding carboxylic acids is 1. The van der Waals surface area contributed by atoms with Crippen LogP contribution in [0.25, 0.3) is 5.69 Å². The fraction of sp³-hybridized carbons (Fsp3) is 0.211. The van der Waals surface area contributed by atoms with E-state index in [1.165, 1.54) is 6.33 Å². The number of hydrogen-bond donors (Lipinski definition) is 1. The molecule has 0 saturated carbocycles. The summed E-state index contributed by atoms with van der Waals surface area (Å²) in [5.74, 6) is 0. The van der Waals surface area contributed by atoms with Gasteiger partial charge in [-0.2, -0.15) is 5.10 Å². The molecule has 7 nitrogen and oxygen atoms in total. The molecule has 0 spiro atoms. The molecule has 4 rings (SSSR count). The van der Waals surface area contributed by atoms with Crippen LogP contribution in [-0.4, -0.2) is 51.9 Å². The van der Waals surface area contributed by atoms with E-state index in [1.54, 1.807) is 11.0 Å². The predicted molar refractivity (Wildman–Crippen MR) is 106 cm³/mol. The maximum Gasteiger partial charge on any atom is 0.322 e. The van der Waals surface area contributed by atoms with Gasteiger partial charge in [0.15, 0.2) is 0 Å². The van der Waals surface area contributed by atoms with Crippen molar-refractivity contribution in [2.45, 2.75) is 0 Å². The normalized spacial score (nSPS) is 14.3. The van der Waals surface area contributed by atoms with Crippen LogP contribution in [0, 0.1) is 0 Å². The zero-order valence-electron chi connectivity index (χ0n) is 14.6. The molecular formula is C19H19ClN6O. The zero-order valence-corrected chi connectivity index (χ0v) is 15.4. The predicted octanol–water partition coefficient (Wildman–Crippen LogP) is 3.27. The molecule has 1 aromatic heterocycles. The van der Waals surface area contributed by atoms with Gasteiger partial charge in [-0.3, -0.25) is 0 Å². The molecule has 0 atom stereocenters. The summed E-state index contributed by atoms with van der Waals surface area (Å²) >= 11 is 5.95. The molecule has 2 heterocycles. The highest BCUT2D eigenvalue weighted by Crippen LogP contribution is 2.21. The molecule has 1 N–H and O–H groups in total. The smallest absolute Gasteiger partial charge is 0.322 e. The van der Waals surface area contributed by atoms with Gasteiger partial charge in [-0.15, -0.1) is 0 Å². The molecule has 1 aliphatic rings. The molecular weight excluding hydrogens is 364 g/mol. The Labute approximate surface area is 162 Å². The van der Waals surface area contributed by atoms with Gasteiger partial charge < -0.3 is 15.1 Å². The summed E-state index contributed by atoms with van der Waals surface area (Å²) < 4.78 is 1.63. The maximum absolute atomic E-state index is 12.7. The Hall–Kier alpha value is -3.06. The quantitative estimate of drug-likeness (QED) is 0.755. The number of carbonyl (C=O) groups is 1. The van der Waals surface area contributed by atoms with E-state index in [-0.39, 0.29) is 6.03 Å². The fourth-order valence-corrected chi connectivity index (χ4v) is 3.25. The lowest BCUT2D eigenvalue weighted by Crippen LogP contribution is -2.50. The summed E-state index contributed by atoms with van der Waals surface area (Å²) in [5, 5.41) is 7.86. The molecule has 1 fully saturated rings. The van der Waals surface area contributed by atoms with Gasteiger partial charge in [0.2, 0.25) is 0 Å². The van der Waals surface area contributed by atoms with Crippen LogP contribution in [-0.2, 0) is 0 Å². The molecule has 27 heavy (non-hydrogen) atoms. The number of amides is 2. The number of nitrogens with one attached hydrogen (secondary N) is 1. The van der Waals surface area contributed by atoms with Crippen LogP contribution in [0.4, 0.5) is 16.2 Å². The lowest BCUT2D eigenvalue weighted by molar-refractivity contribution is 0.208. The first-order valence-electron chi connectivity index (χ1n) is 8.71. The van der Waals surface area contributed by atoms with Crippen LogP contribution in [0.3, 0.4) is 0 Å². The van der Waals surface area contributed by atoms with Gasteiger partial charge in [-0.05, 0) is 36.4 Å². The first-order chi connectivity index (χ1) is 13.2. The minimum Gasteiger partial charge on any atom is -0.368 e. The number of anilines is 2. The number of aromatic nitrogens is 3. The van der Waals surface area contributed by atoms with Crippen molar-refractivity contribution in [3.8, 4) is 5.69 Å². The highest BCUT2D eigenvalue weighted by molar-refractivity contribution is 6.30.